The summed E-state index contributed by atoms with van der Waals surface area (Å²) in [6.07, 6.45) is 1.31. The van der Waals surface area contributed by atoms with Gasteiger partial charge in [0, 0.05) is 28.8 Å². The van der Waals surface area contributed by atoms with Crippen LogP contribution >= 0.6 is 11.3 Å². The molecule has 0 aromatic carbocycles. The number of Topliss-reactive ketones (excluding diaryl/α,β-unsaturated/α-hetero) is 1. The maximum Gasteiger partial charge on any atom is 0.268 e. The van der Waals surface area contributed by atoms with Crippen molar-refractivity contribution in [3.8, 4) is 0 Å². The highest BCUT2D eigenvalue weighted by Crippen LogP contribution is 2.36. The fraction of sp³-hybridized carbons (Fsp3) is 0.471. The van der Waals surface area contributed by atoms with Crippen molar-refractivity contribution in [2.45, 2.75) is 47.1 Å². The van der Waals surface area contributed by atoms with Crippen molar-refractivity contribution in [3.63, 3.8) is 0 Å². The number of H-pyrrole nitrogens is 1. The number of hydrogen-bond acceptors (Lipinski definition) is 4. The van der Waals surface area contributed by atoms with E-state index in [0.29, 0.717) is 24.2 Å². The molecule has 0 atom stereocenters. The van der Waals surface area contributed by atoms with E-state index in [9.17, 15) is 9.59 Å². The molecule has 0 spiro atoms. The van der Waals surface area contributed by atoms with Crippen LogP contribution in [-0.2, 0) is 13.0 Å². The van der Waals surface area contributed by atoms with Crippen LogP contribution in [0.5, 0.6) is 0 Å². The lowest BCUT2D eigenvalue weighted by Crippen LogP contribution is -2.26. The van der Waals surface area contributed by atoms with E-state index in [0.717, 1.165) is 28.4 Å². The van der Waals surface area contributed by atoms with Crippen molar-refractivity contribution in [1.29, 1.82) is 0 Å². The molecule has 0 aliphatic heterocycles. The predicted octanol–water partition coefficient (Wildman–Crippen LogP) is 3.17. The first kappa shape index (κ1) is 15.9. The number of rotatable bonds is 3. The Morgan fingerprint density at radius 1 is 1.39 bits per heavy atom. The second kappa shape index (κ2) is 5.60. The van der Waals surface area contributed by atoms with Gasteiger partial charge >= 0.3 is 0 Å². The fourth-order valence-corrected chi connectivity index (χ4v) is 3.90. The smallest absolute Gasteiger partial charge is 0.268 e. The zero-order valence-corrected chi connectivity index (χ0v) is 14.7. The topological polar surface area (TPSA) is 74.8 Å². The molecule has 2 aromatic heterocycles. The summed E-state index contributed by atoms with van der Waals surface area (Å²) in [6, 6.07) is 0. The van der Waals surface area contributed by atoms with E-state index in [2.05, 4.69) is 29.1 Å². The summed E-state index contributed by atoms with van der Waals surface area (Å²) in [5, 5.41) is 5.72. The molecule has 23 heavy (non-hydrogen) atoms. The maximum atomic E-state index is 12.5. The average Bonchev–Trinajstić information content (AvgIpc) is 2.99. The van der Waals surface area contributed by atoms with E-state index in [4.69, 9.17) is 0 Å². The molecule has 2 aromatic rings. The van der Waals surface area contributed by atoms with Crippen LogP contribution in [0.15, 0.2) is 5.38 Å². The number of nitrogens with one attached hydrogen (secondary N) is 2. The second-order valence-electron chi connectivity index (χ2n) is 6.98. The van der Waals surface area contributed by atoms with Gasteiger partial charge in [0.15, 0.2) is 5.78 Å². The number of fused-ring (bicyclic) bond motifs is 1. The minimum atomic E-state index is -0.185. The fourth-order valence-electron chi connectivity index (χ4n) is 3.19. The SMILES string of the molecule is Cc1csc(CNC(=O)c2[nH]c3c(c2C)C(=O)CC(C)(C)C3)n1. The molecule has 2 N–H and O–H groups in total. The highest BCUT2D eigenvalue weighted by Gasteiger charge is 2.35. The third-order valence-corrected chi connectivity index (χ3v) is 5.16. The Morgan fingerprint density at radius 3 is 2.78 bits per heavy atom. The van der Waals surface area contributed by atoms with Crippen LogP contribution in [0.4, 0.5) is 0 Å². The molecule has 0 fully saturated rings. The first-order valence-corrected chi connectivity index (χ1v) is 8.58. The number of aryl methyl sites for hydroxylation is 1. The number of amides is 1. The highest BCUT2D eigenvalue weighted by atomic mass is 32.1. The molecule has 6 heteroatoms. The zero-order valence-electron chi connectivity index (χ0n) is 13.9. The van der Waals surface area contributed by atoms with Gasteiger partial charge in [-0.25, -0.2) is 4.98 Å². The molecule has 122 valence electrons. The standard InChI is InChI=1S/C17H21N3O2S/c1-9-8-23-13(19-9)7-18-16(22)15-10(2)14-11(20-15)5-17(3,4)6-12(14)21/h8,20H,5-7H2,1-4H3,(H,18,22). The van der Waals surface area contributed by atoms with Crippen molar-refractivity contribution in [2.75, 3.05) is 0 Å². The van der Waals surface area contributed by atoms with Gasteiger partial charge in [0.05, 0.1) is 6.54 Å². The van der Waals surface area contributed by atoms with E-state index < -0.39 is 0 Å². The van der Waals surface area contributed by atoms with Crippen molar-refractivity contribution in [3.05, 3.63) is 38.6 Å². The first-order valence-electron chi connectivity index (χ1n) is 7.71. The molecular weight excluding hydrogens is 310 g/mol. The third-order valence-electron chi connectivity index (χ3n) is 4.19. The molecule has 1 aliphatic rings. The van der Waals surface area contributed by atoms with Crippen LogP contribution in [-0.4, -0.2) is 21.7 Å². The molecule has 1 amide bonds. The van der Waals surface area contributed by atoms with Crippen LogP contribution in [0, 0.1) is 19.3 Å². The van der Waals surface area contributed by atoms with Gasteiger partial charge in [0.1, 0.15) is 10.7 Å². The van der Waals surface area contributed by atoms with Crippen LogP contribution in [0.25, 0.3) is 0 Å². The number of ketones is 1. The summed E-state index contributed by atoms with van der Waals surface area (Å²) in [4.78, 5) is 32.3. The Bertz CT molecular complexity index is 786. The first-order chi connectivity index (χ1) is 10.8. The van der Waals surface area contributed by atoms with E-state index in [1.807, 2.05) is 19.2 Å². The van der Waals surface area contributed by atoms with Crippen molar-refractivity contribution in [1.82, 2.24) is 15.3 Å². The summed E-state index contributed by atoms with van der Waals surface area (Å²) < 4.78 is 0. The quantitative estimate of drug-likeness (QED) is 0.907. The van der Waals surface area contributed by atoms with Gasteiger partial charge in [-0.3, -0.25) is 9.59 Å². The number of aromatic nitrogens is 2. The maximum absolute atomic E-state index is 12.5. The van der Waals surface area contributed by atoms with Crippen LogP contribution in [0.2, 0.25) is 0 Å². The Labute approximate surface area is 139 Å². The Hall–Kier alpha value is -1.95. The summed E-state index contributed by atoms with van der Waals surface area (Å²) in [6.45, 7) is 8.33. The molecule has 0 saturated carbocycles. The molecule has 0 unspecified atom stereocenters. The number of carbonyl (C=O) groups excluding carboxylic acids is 2. The molecule has 0 saturated heterocycles. The van der Waals surface area contributed by atoms with Crippen molar-refractivity contribution < 1.29 is 9.59 Å². The Kier molecular flexibility index (Phi) is 3.88. The number of carbonyl (C=O) groups is 2. The lowest BCUT2D eigenvalue weighted by atomic mass is 9.75. The summed E-state index contributed by atoms with van der Waals surface area (Å²) >= 11 is 1.53. The van der Waals surface area contributed by atoms with E-state index in [1.165, 1.54) is 11.3 Å². The van der Waals surface area contributed by atoms with Crippen LogP contribution in [0.3, 0.4) is 0 Å². The molecule has 1 aliphatic carbocycles. The lowest BCUT2D eigenvalue weighted by molar-refractivity contribution is 0.0909. The molecule has 0 bridgehead atoms. The van der Waals surface area contributed by atoms with Crippen LogP contribution < -0.4 is 5.32 Å². The number of thiazole rings is 1. The number of nitrogens with zero attached hydrogens (tertiary/aromatic N) is 1. The van der Waals surface area contributed by atoms with Gasteiger partial charge in [-0.1, -0.05) is 13.8 Å². The van der Waals surface area contributed by atoms with Gasteiger partial charge in [0.2, 0.25) is 0 Å². The number of aromatic amines is 1. The average molecular weight is 331 g/mol. The van der Waals surface area contributed by atoms with Gasteiger partial charge in [-0.2, -0.15) is 0 Å². The summed E-state index contributed by atoms with van der Waals surface area (Å²) in [7, 11) is 0. The van der Waals surface area contributed by atoms with Gasteiger partial charge in [0.25, 0.3) is 5.91 Å². The van der Waals surface area contributed by atoms with E-state index in [-0.39, 0.29) is 17.1 Å². The highest BCUT2D eigenvalue weighted by molar-refractivity contribution is 7.09. The van der Waals surface area contributed by atoms with Gasteiger partial charge in [-0.05, 0) is 31.2 Å². The summed E-state index contributed by atoms with van der Waals surface area (Å²) in [5.74, 6) is -0.0602. The van der Waals surface area contributed by atoms with Gasteiger partial charge in [-0.15, -0.1) is 11.3 Å². The monoisotopic (exact) mass is 331 g/mol. The van der Waals surface area contributed by atoms with E-state index >= 15 is 0 Å². The normalized spacial score (nSPS) is 16.3. The van der Waals surface area contributed by atoms with E-state index in [1.54, 1.807) is 0 Å². The predicted molar refractivity (Wildman–Crippen MR) is 90.0 cm³/mol. The Balaban J connectivity index is 1.81. The summed E-state index contributed by atoms with van der Waals surface area (Å²) in [5.41, 5.74) is 3.74. The zero-order chi connectivity index (χ0) is 16.8. The largest absolute Gasteiger partial charge is 0.354 e. The van der Waals surface area contributed by atoms with Crippen LogP contribution in [0.1, 0.15) is 63.1 Å². The molecule has 5 nitrogen and oxygen atoms in total. The van der Waals surface area contributed by atoms with Gasteiger partial charge < -0.3 is 10.3 Å². The lowest BCUT2D eigenvalue weighted by Gasteiger charge is -2.28. The number of hydrogen-bond donors (Lipinski definition) is 2. The molecule has 0 radical (unpaired) electrons. The Morgan fingerprint density at radius 2 is 2.13 bits per heavy atom. The molecule has 2 heterocycles. The molecular formula is C17H21N3O2S. The second-order valence-corrected chi connectivity index (χ2v) is 7.93. The third kappa shape index (κ3) is 3.08. The van der Waals surface area contributed by atoms with Crippen molar-refractivity contribution in [2.24, 2.45) is 5.41 Å². The molecule has 3 rings (SSSR count). The minimum Gasteiger partial charge on any atom is -0.354 e. The van der Waals surface area contributed by atoms with Crippen molar-refractivity contribution >= 4 is 23.0 Å². The minimum absolute atomic E-state index is 0.0620.